The van der Waals surface area contributed by atoms with E-state index in [1.165, 1.54) is 6.07 Å². The van der Waals surface area contributed by atoms with Crippen LogP contribution in [-0.2, 0) is 4.79 Å². The standard InChI is InChI=1S/C14H15FN2O3/c15-11-4-1-8(5-12(11)18)14(20)17-9-2-3-10(17)7-16-13(19)6-9/h1,4-5,9-10,18H,2-3,6-7H2,(H,16,19)/t9-,10+/m0/s1. The number of amides is 2. The minimum Gasteiger partial charge on any atom is -0.505 e. The second-order valence-corrected chi connectivity index (χ2v) is 5.27. The Labute approximate surface area is 115 Å². The van der Waals surface area contributed by atoms with E-state index in [0.29, 0.717) is 13.0 Å². The van der Waals surface area contributed by atoms with E-state index in [1.54, 1.807) is 4.90 Å². The van der Waals surface area contributed by atoms with Gasteiger partial charge < -0.3 is 15.3 Å². The molecule has 6 heteroatoms. The first-order chi connectivity index (χ1) is 9.56. The maximum atomic E-state index is 13.1. The number of hydrogen-bond donors (Lipinski definition) is 2. The lowest BCUT2D eigenvalue weighted by Gasteiger charge is -2.27. The topological polar surface area (TPSA) is 69.6 Å². The number of rotatable bonds is 1. The molecule has 1 aromatic carbocycles. The molecule has 0 saturated carbocycles. The van der Waals surface area contributed by atoms with Gasteiger partial charge in [-0.2, -0.15) is 0 Å². The lowest BCUT2D eigenvalue weighted by atomic mass is 10.1. The van der Waals surface area contributed by atoms with Crippen molar-refractivity contribution in [2.75, 3.05) is 6.54 Å². The number of phenolic OH excluding ortho intramolecular Hbond substituents is 1. The highest BCUT2D eigenvalue weighted by Gasteiger charge is 2.40. The molecule has 3 rings (SSSR count). The zero-order valence-corrected chi connectivity index (χ0v) is 10.8. The molecule has 2 saturated heterocycles. The largest absolute Gasteiger partial charge is 0.505 e. The van der Waals surface area contributed by atoms with Crippen LogP contribution in [-0.4, -0.2) is 40.4 Å². The third kappa shape index (κ3) is 2.11. The number of fused-ring (bicyclic) bond motifs is 2. The minimum atomic E-state index is -0.753. The summed E-state index contributed by atoms with van der Waals surface area (Å²) in [6.45, 7) is 0.453. The number of halogens is 1. The van der Waals surface area contributed by atoms with Crippen molar-refractivity contribution in [3.8, 4) is 5.75 Å². The molecule has 2 aliphatic rings. The van der Waals surface area contributed by atoms with Gasteiger partial charge in [0.15, 0.2) is 11.6 Å². The molecule has 0 aliphatic carbocycles. The zero-order chi connectivity index (χ0) is 14.3. The zero-order valence-electron chi connectivity index (χ0n) is 10.8. The Morgan fingerprint density at radius 1 is 1.35 bits per heavy atom. The summed E-state index contributed by atoms with van der Waals surface area (Å²) < 4.78 is 13.1. The van der Waals surface area contributed by atoms with Crippen LogP contribution < -0.4 is 5.32 Å². The van der Waals surface area contributed by atoms with E-state index in [-0.39, 0.29) is 29.5 Å². The van der Waals surface area contributed by atoms with Crippen molar-refractivity contribution in [2.45, 2.75) is 31.3 Å². The van der Waals surface area contributed by atoms with Gasteiger partial charge in [0.1, 0.15) is 0 Å². The van der Waals surface area contributed by atoms with Crippen LogP contribution in [0.1, 0.15) is 29.6 Å². The highest BCUT2D eigenvalue weighted by molar-refractivity contribution is 5.96. The van der Waals surface area contributed by atoms with E-state index in [0.717, 1.165) is 25.0 Å². The smallest absolute Gasteiger partial charge is 0.254 e. The maximum absolute atomic E-state index is 13.1. The van der Waals surface area contributed by atoms with Crippen molar-refractivity contribution in [2.24, 2.45) is 0 Å². The molecule has 0 radical (unpaired) electrons. The van der Waals surface area contributed by atoms with Crippen molar-refractivity contribution in [1.82, 2.24) is 10.2 Å². The van der Waals surface area contributed by atoms with Crippen molar-refractivity contribution in [3.05, 3.63) is 29.6 Å². The summed E-state index contributed by atoms with van der Waals surface area (Å²) in [6.07, 6.45) is 1.95. The Morgan fingerprint density at radius 2 is 2.10 bits per heavy atom. The van der Waals surface area contributed by atoms with Gasteiger partial charge in [-0.05, 0) is 31.0 Å². The number of hydrogen-bond acceptors (Lipinski definition) is 3. The third-order valence-corrected chi connectivity index (χ3v) is 4.00. The summed E-state index contributed by atoms with van der Waals surface area (Å²) in [5, 5.41) is 12.2. The Morgan fingerprint density at radius 3 is 2.85 bits per heavy atom. The quantitative estimate of drug-likeness (QED) is 0.806. The van der Waals surface area contributed by atoms with Crippen LogP contribution in [0.25, 0.3) is 0 Å². The SMILES string of the molecule is O=C1C[C@@H]2CC[C@H](CN1)N2C(=O)c1ccc(F)c(O)c1. The summed E-state index contributed by atoms with van der Waals surface area (Å²) in [5.41, 5.74) is 0.246. The highest BCUT2D eigenvalue weighted by atomic mass is 19.1. The number of carbonyl (C=O) groups excluding carboxylic acids is 2. The van der Waals surface area contributed by atoms with Crippen LogP contribution in [0.3, 0.4) is 0 Å². The summed E-state index contributed by atoms with van der Waals surface area (Å²) in [6, 6.07) is 3.44. The van der Waals surface area contributed by atoms with E-state index in [1.807, 2.05) is 0 Å². The molecular formula is C14H15FN2O3. The fraction of sp³-hybridized carbons (Fsp3) is 0.429. The molecule has 2 heterocycles. The fourth-order valence-corrected chi connectivity index (χ4v) is 3.01. The van der Waals surface area contributed by atoms with E-state index in [9.17, 15) is 19.1 Å². The van der Waals surface area contributed by atoms with Crippen LogP contribution in [0.15, 0.2) is 18.2 Å². The molecule has 2 aliphatic heterocycles. The van der Waals surface area contributed by atoms with Crippen molar-refractivity contribution in [3.63, 3.8) is 0 Å². The van der Waals surface area contributed by atoms with E-state index in [2.05, 4.69) is 5.32 Å². The van der Waals surface area contributed by atoms with Crippen LogP contribution in [0, 0.1) is 5.82 Å². The molecule has 1 aromatic rings. The molecule has 2 amide bonds. The number of nitrogens with zero attached hydrogens (tertiary/aromatic N) is 1. The summed E-state index contributed by atoms with van der Waals surface area (Å²) in [4.78, 5) is 25.8. The average molecular weight is 278 g/mol. The Kier molecular flexibility index (Phi) is 3.08. The molecule has 2 atom stereocenters. The van der Waals surface area contributed by atoms with E-state index >= 15 is 0 Å². The highest BCUT2D eigenvalue weighted by Crippen LogP contribution is 2.30. The Bertz CT molecular complexity index is 576. The van der Waals surface area contributed by atoms with Gasteiger partial charge in [0, 0.05) is 30.6 Å². The molecule has 2 bridgehead atoms. The predicted molar refractivity (Wildman–Crippen MR) is 68.7 cm³/mol. The molecule has 20 heavy (non-hydrogen) atoms. The lowest BCUT2D eigenvalue weighted by Crippen LogP contribution is -2.42. The van der Waals surface area contributed by atoms with Crippen molar-refractivity contribution >= 4 is 11.8 Å². The van der Waals surface area contributed by atoms with Crippen molar-refractivity contribution < 1.29 is 19.1 Å². The lowest BCUT2D eigenvalue weighted by molar-refractivity contribution is -0.121. The monoisotopic (exact) mass is 278 g/mol. The Balaban J connectivity index is 1.89. The van der Waals surface area contributed by atoms with Crippen LogP contribution >= 0.6 is 0 Å². The first kappa shape index (κ1) is 12.9. The van der Waals surface area contributed by atoms with Gasteiger partial charge in [0.05, 0.1) is 0 Å². The van der Waals surface area contributed by atoms with Gasteiger partial charge in [-0.25, -0.2) is 4.39 Å². The van der Waals surface area contributed by atoms with Gasteiger partial charge in [-0.15, -0.1) is 0 Å². The number of phenols is 1. The van der Waals surface area contributed by atoms with Gasteiger partial charge >= 0.3 is 0 Å². The first-order valence-electron chi connectivity index (χ1n) is 6.64. The van der Waals surface area contributed by atoms with Crippen LogP contribution in [0.2, 0.25) is 0 Å². The number of nitrogens with one attached hydrogen (secondary N) is 1. The second kappa shape index (κ2) is 4.77. The summed E-state index contributed by atoms with van der Waals surface area (Å²) >= 11 is 0. The fourth-order valence-electron chi connectivity index (χ4n) is 3.01. The average Bonchev–Trinajstić information content (AvgIpc) is 2.72. The number of carbonyl (C=O) groups is 2. The normalized spacial score (nSPS) is 25.2. The molecule has 0 spiro atoms. The molecular weight excluding hydrogens is 263 g/mol. The molecule has 106 valence electrons. The van der Waals surface area contributed by atoms with Crippen LogP contribution in [0.4, 0.5) is 4.39 Å². The van der Waals surface area contributed by atoms with Gasteiger partial charge in [-0.1, -0.05) is 0 Å². The van der Waals surface area contributed by atoms with Crippen LogP contribution in [0.5, 0.6) is 5.75 Å². The number of aromatic hydroxyl groups is 1. The van der Waals surface area contributed by atoms with Gasteiger partial charge in [0.25, 0.3) is 5.91 Å². The molecule has 2 N–H and O–H groups in total. The van der Waals surface area contributed by atoms with Crippen molar-refractivity contribution in [1.29, 1.82) is 0 Å². The second-order valence-electron chi connectivity index (χ2n) is 5.27. The summed E-state index contributed by atoms with van der Waals surface area (Å²) in [5.74, 6) is -1.59. The molecule has 0 aromatic heterocycles. The minimum absolute atomic E-state index is 0.0221. The predicted octanol–water partition coefficient (Wildman–Crippen LogP) is 1.02. The molecule has 5 nitrogen and oxygen atoms in total. The van der Waals surface area contributed by atoms with Gasteiger partial charge in [-0.3, -0.25) is 9.59 Å². The first-order valence-corrected chi connectivity index (χ1v) is 6.64. The summed E-state index contributed by atoms with van der Waals surface area (Å²) in [7, 11) is 0. The number of benzene rings is 1. The van der Waals surface area contributed by atoms with Gasteiger partial charge in [0.2, 0.25) is 5.91 Å². The Hall–Kier alpha value is -2.11. The third-order valence-electron chi connectivity index (χ3n) is 4.00. The molecule has 2 fully saturated rings. The van der Waals surface area contributed by atoms with E-state index < -0.39 is 11.6 Å². The molecule has 0 unspecified atom stereocenters. The maximum Gasteiger partial charge on any atom is 0.254 e. The van der Waals surface area contributed by atoms with E-state index in [4.69, 9.17) is 0 Å².